The quantitative estimate of drug-likeness (QED) is 0.830. The molecule has 0 aliphatic rings. The van der Waals surface area contributed by atoms with Gasteiger partial charge in [0, 0.05) is 22.0 Å². The van der Waals surface area contributed by atoms with E-state index in [2.05, 4.69) is 51.1 Å². The lowest BCUT2D eigenvalue weighted by Crippen LogP contribution is -2.03. The molecular formula is C14H16BrN3S. The standard InChI is InChI=1S/C14H16BrN3S/c1-9(2)12-13(16-3)17-8-18-14(12)19-11-7-5-4-6-10(11)15/h4-9H,1-3H3,(H,16,17,18). The molecule has 0 atom stereocenters. The maximum Gasteiger partial charge on any atom is 0.133 e. The predicted molar refractivity (Wildman–Crippen MR) is 83.9 cm³/mol. The van der Waals surface area contributed by atoms with Crippen molar-refractivity contribution in [1.29, 1.82) is 0 Å². The molecular weight excluding hydrogens is 322 g/mol. The van der Waals surface area contributed by atoms with Gasteiger partial charge in [0.05, 0.1) is 0 Å². The van der Waals surface area contributed by atoms with Crippen molar-refractivity contribution in [3.05, 3.63) is 40.6 Å². The summed E-state index contributed by atoms with van der Waals surface area (Å²) < 4.78 is 1.08. The van der Waals surface area contributed by atoms with Gasteiger partial charge in [0.15, 0.2) is 0 Å². The van der Waals surface area contributed by atoms with Gasteiger partial charge in [-0.3, -0.25) is 0 Å². The molecule has 2 rings (SSSR count). The topological polar surface area (TPSA) is 37.8 Å². The first-order valence-electron chi connectivity index (χ1n) is 6.08. The summed E-state index contributed by atoms with van der Waals surface area (Å²) in [5.74, 6) is 1.27. The molecule has 0 saturated heterocycles. The highest BCUT2D eigenvalue weighted by Crippen LogP contribution is 2.38. The summed E-state index contributed by atoms with van der Waals surface area (Å²) in [6, 6.07) is 8.16. The van der Waals surface area contributed by atoms with E-state index >= 15 is 0 Å². The zero-order valence-electron chi connectivity index (χ0n) is 11.1. The molecule has 0 spiro atoms. The number of nitrogens with one attached hydrogen (secondary N) is 1. The molecule has 0 aliphatic carbocycles. The second-order valence-corrected chi connectivity index (χ2v) is 6.26. The maximum atomic E-state index is 4.44. The van der Waals surface area contributed by atoms with Crippen LogP contribution in [0.3, 0.4) is 0 Å². The van der Waals surface area contributed by atoms with E-state index in [0.29, 0.717) is 5.92 Å². The highest BCUT2D eigenvalue weighted by molar-refractivity contribution is 9.10. The molecule has 0 radical (unpaired) electrons. The first-order valence-corrected chi connectivity index (χ1v) is 7.69. The number of aromatic nitrogens is 2. The molecule has 100 valence electrons. The van der Waals surface area contributed by atoms with E-state index in [4.69, 9.17) is 0 Å². The Hall–Kier alpha value is -1.07. The van der Waals surface area contributed by atoms with Crippen LogP contribution < -0.4 is 5.32 Å². The Bertz CT molecular complexity index is 572. The molecule has 1 aromatic carbocycles. The smallest absolute Gasteiger partial charge is 0.133 e. The van der Waals surface area contributed by atoms with Crippen molar-refractivity contribution in [2.75, 3.05) is 12.4 Å². The number of anilines is 1. The third-order valence-corrected chi connectivity index (χ3v) is 4.75. The Morgan fingerprint density at radius 2 is 1.95 bits per heavy atom. The van der Waals surface area contributed by atoms with E-state index in [1.54, 1.807) is 18.1 Å². The van der Waals surface area contributed by atoms with Gasteiger partial charge in [-0.1, -0.05) is 37.7 Å². The molecule has 2 aromatic rings. The molecule has 3 nitrogen and oxygen atoms in total. The molecule has 0 amide bonds. The van der Waals surface area contributed by atoms with Gasteiger partial charge in [-0.2, -0.15) is 0 Å². The predicted octanol–water partition coefficient (Wildman–Crippen LogP) is 4.56. The first-order chi connectivity index (χ1) is 9.13. The van der Waals surface area contributed by atoms with Gasteiger partial charge in [0.2, 0.25) is 0 Å². The van der Waals surface area contributed by atoms with Crippen molar-refractivity contribution in [1.82, 2.24) is 9.97 Å². The number of hydrogen-bond acceptors (Lipinski definition) is 4. The lowest BCUT2D eigenvalue weighted by atomic mass is 10.1. The third-order valence-electron chi connectivity index (χ3n) is 2.70. The molecule has 1 aromatic heterocycles. The molecule has 1 heterocycles. The molecule has 5 heteroatoms. The molecule has 19 heavy (non-hydrogen) atoms. The van der Waals surface area contributed by atoms with Gasteiger partial charge in [0.25, 0.3) is 0 Å². The van der Waals surface area contributed by atoms with Crippen LogP contribution in [0.4, 0.5) is 5.82 Å². The fourth-order valence-electron chi connectivity index (χ4n) is 1.81. The van der Waals surface area contributed by atoms with Crippen LogP contribution in [0, 0.1) is 0 Å². The summed E-state index contributed by atoms with van der Waals surface area (Å²) in [5, 5.41) is 4.14. The monoisotopic (exact) mass is 337 g/mol. The molecule has 0 aliphatic heterocycles. The van der Waals surface area contributed by atoms with Crippen LogP contribution in [-0.4, -0.2) is 17.0 Å². The first kappa shape index (κ1) is 14.3. The summed E-state index contributed by atoms with van der Waals surface area (Å²) >= 11 is 5.23. The minimum Gasteiger partial charge on any atom is -0.373 e. The molecule has 0 unspecified atom stereocenters. The van der Waals surface area contributed by atoms with E-state index in [9.17, 15) is 0 Å². The Morgan fingerprint density at radius 3 is 2.58 bits per heavy atom. The van der Waals surface area contributed by atoms with Gasteiger partial charge < -0.3 is 5.32 Å². The minimum atomic E-state index is 0.369. The Labute approximate surface area is 126 Å². The lowest BCUT2D eigenvalue weighted by Gasteiger charge is -2.15. The van der Waals surface area contributed by atoms with E-state index < -0.39 is 0 Å². The molecule has 0 fully saturated rings. The van der Waals surface area contributed by atoms with Crippen molar-refractivity contribution >= 4 is 33.5 Å². The van der Waals surface area contributed by atoms with E-state index in [0.717, 1.165) is 25.8 Å². The Morgan fingerprint density at radius 1 is 1.21 bits per heavy atom. The van der Waals surface area contributed by atoms with Crippen LogP contribution in [-0.2, 0) is 0 Å². The molecule has 0 bridgehead atoms. The molecule has 1 N–H and O–H groups in total. The van der Waals surface area contributed by atoms with Crippen LogP contribution in [0.2, 0.25) is 0 Å². The van der Waals surface area contributed by atoms with E-state index in [1.807, 2.05) is 25.2 Å². The van der Waals surface area contributed by atoms with Crippen LogP contribution >= 0.6 is 27.7 Å². The average Bonchev–Trinajstić information content (AvgIpc) is 2.40. The van der Waals surface area contributed by atoms with Gasteiger partial charge in [-0.25, -0.2) is 9.97 Å². The zero-order chi connectivity index (χ0) is 13.8. The fourth-order valence-corrected chi connectivity index (χ4v) is 3.40. The highest BCUT2D eigenvalue weighted by atomic mass is 79.9. The number of nitrogens with zero attached hydrogens (tertiary/aromatic N) is 2. The minimum absolute atomic E-state index is 0.369. The van der Waals surface area contributed by atoms with Gasteiger partial charge in [0.1, 0.15) is 17.2 Å². The second-order valence-electron chi connectivity index (χ2n) is 4.38. The van der Waals surface area contributed by atoms with Crippen LogP contribution in [0.1, 0.15) is 25.3 Å². The van der Waals surface area contributed by atoms with Crippen LogP contribution in [0.15, 0.2) is 45.0 Å². The lowest BCUT2D eigenvalue weighted by molar-refractivity contribution is 0.806. The van der Waals surface area contributed by atoms with Crippen molar-refractivity contribution in [3.63, 3.8) is 0 Å². The highest BCUT2D eigenvalue weighted by Gasteiger charge is 2.15. The van der Waals surface area contributed by atoms with Crippen LogP contribution in [0.25, 0.3) is 0 Å². The van der Waals surface area contributed by atoms with Crippen molar-refractivity contribution in [2.45, 2.75) is 29.7 Å². The summed E-state index contributed by atoms with van der Waals surface area (Å²) in [6.45, 7) is 4.31. The number of benzene rings is 1. The number of hydrogen-bond donors (Lipinski definition) is 1. The summed E-state index contributed by atoms with van der Waals surface area (Å²) in [7, 11) is 1.89. The van der Waals surface area contributed by atoms with E-state index in [-0.39, 0.29) is 0 Å². The normalized spacial score (nSPS) is 10.8. The Balaban J connectivity index is 2.43. The van der Waals surface area contributed by atoms with Crippen LogP contribution in [0.5, 0.6) is 0 Å². The second kappa shape index (κ2) is 6.39. The van der Waals surface area contributed by atoms with Crippen molar-refractivity contribution < 1.29 is 0 Å². The number of halogens is 1. The third kappa shape index (κ3) is 3.28. The largest absolute Gasteiger partial charge is 0.373 e. The summed E-state index contributed by atoms with van der Waals surface area (Å²) in [4.78, 5) is 9.89. The maximum absolute atomic E-state index is 4.44. The van der Waals surface area contributed by atoms with E-state index in [1.165, 1.54) is 0 Å². The Kier molecular flexibility index (Phi) is 4.82. The average molecular weight is 338 g/mol. The van der Waals surface area contributed by atoms with Gasteiger partial charge in [-0.15, -0.1) is 0 Å². The summed E-state index contributed by atoms with van der Waals surface area (Å²) in [5.41, 5.74) is 1.16. The van der Waals surface area contributed by atoms with Gasteiger partial charge in [-0.05, 0) is 34.0 Å². The van der Waals surface area contributed by atoms with Crippen molar-refractivity contribution in [2.24, 2.45) is 0 Å². The SMILES string of the molecule is CNc1ncnc(Sc2ccccc2Br)c1C(C)C. The number of rotatable bonds is 4. The van der Waals surface area contributed by atoms with Crippen molar-refractivity contribution in [3.8, 4) is 0 Å². The summed E-state index contributed by atoms with van der Waals surface area (Å²) in [6.07, 6.45) is 1.61. The fraction of sp³-hybridized carbons (Fsp3) is 0.286. The molecule has 0 saturated carbocycles. The van der Waals surface area contributed by atoms with Gasteiger partial charge >= 0.3 is 0 Å². The zero-order valence-corrected chi connectivity index (χ0v) is 13.5.